The minimum absolute atomic E-state index is 0.0443. The van der Waals surface area contributed by atoms with E-state index in [9.17, 15) is 18.0 Å². The van der Waals surface area contributed by atoms with E-state index in [1.165, 1.54) is 16.6 Å². The Bertz CT molecular complexity index is 1270. The maximum Gasteiger partial charge on any atom is 0.435 e. The molecule has 0 bridgehead atoms. The zero-order chi connectivity index (χ0) is 22.3. The van der Waals surface area contributed by atoms with E-state index in [-0.39, 0.29) is 12.3 Å². The number of aromatic amines is 1. The van der Waals surface area contributed by atoms with Gasteiger partial charge in [0.2, 0.25) is 5.91 Å². The molecule has 4 aromatic rings. The summed E-state index contributed by atoms with van der Waals surface area (Å²) < 4.78 is 40.4. The van der Waals surface area contributed by atoms with Crippen molar-refractivity contribution in [2.75, 3.05) is 14.1 Å². The summed E-state index contributed by atoms with van der Waals surface area (Å²) in [7, 11) is 4.84. The van der Waals surface area contributed by atoms with Gasteiger partial charge in [0.1, 0.15) is 5.65 Å². The van der Waals surface area contributed by atoms with Gasteiger partial charge in [-0.15, -0.1) is 0 Å². The van der Waals surface area contributed by atoms with Crippen LogP contribution in [-0.4, -0.2) is 49.6 Å². The molecule has 0 aliphatic carbocycles. The molecule has 0 radical (unpaired) electrons. The number of fused-ring (bicyclic) bond motifs is 1. The smallest absolute Gasteiger partial charge is 0.349 e. The van der Waals surface area contributed by atoms with Crippen molar-refractivity contribution in [1.29, 1.82) is 0 Å². The van der Waals surface area contributed by atoms with Crippen LogP contribution < -0.4 is 0 Å². The summed E-state index contributed by atoms with van der Waals surface area (Å²) >= 11 is 0. The predicted octanol–water partition coefficient (Wildman–Crippen LogP) is 3.67. The summed E-state index contributed by atoms with van der Waals surface area (Å²) in [5.41, 5.74) is 2.71. The number of hydrogen-bond donors (Lipinski definition) is 1. The van der Waals surface area contributed by atoms with E-state index in [4.69, 9.17) is 0 Å². The third-order valence-electron chi connectivity index (χ3n) is 4.96. The van der Waals surface area contributed by atoms with Crippen molar-refractivity contribution in [2.45, 2.75) is 12.6 Å². The second-order valence-corrected chi connectivity index (χ2v) is 7.41. The van der Waals surface area contributed by atoms with E-state index >= 15 is 0 Å². The molecule has 160 valence electrons. The van der Waals surface area contributed by atoms with Gasteiger partial charge in [-0.3, -0.25) is 14.5 Å². The molecular formula is C21H19F3N6O. The zero-order valence-electron chi connectivity index (χ0n) is 17.0. The van der Waals surface area contributed by atoms with Gasteiger partial charge in [-0.1, -0.05) is 0 Å². The van der Waals surface area contributed by atoms with Crippen LogP contribution in [0, 0.1) is 0 Å². The number of H-pyrrole nitrogens is 1. The topological polar surface area (TPSA) is 79.7 Å². The average Bonchev–Trinajstić information content (AvgIpc) is 3.30. The molecule has 0 unspecified atom stereocenters. The van der Waals surface area contributed by atoms with Gasteiger partial charge in [0.25, 0.3) is 0 Å². The molecule has 7 nitrogen and oxygen atoms in total. The van der Waals surface area contributed by atoms with E-state index in [0.717, 1.165) is 22.8 Å². The summed E-state index contributed by atoms with van der Waals surface area (Å²) in [6, 6.07) is 4.71. The van der Waals surface area contributed by atoms with E-state index < -0.39 is 11.9 Å². The van der Waals surface area contributed by atoms with Gasteiger partial charge in [-0.25, -0.2) is 4.98 Å². The van der Waals surface area contributed by atoms with Crippen molar-refractivity contribution < 1.29 is 18.0 Å². The molecule has 10 heteroatoms. The van der Waals surface area contributed by atoms with Gasteiger partial charge in [0.05, 0.1) is 12.1 Å². The normalized spacial score (nSPS) is 11.8. The summed E-state index contributed by atoms with van der Waals surface area (Å²) in [5.74, 6) is -0.0443. The van der Waals surface area contributed by atoms with Gasteiger partial charge in [0, 0.05) is 68.0 Å². The first-order valence-electron chi connectivity index (χ1n) is 9.36. The van der Waals surface area contributed by atoms with Gasteiger partial charge in [0.15, 0.2) is 5.69 Å². The number of halogens is 3. The number of pyridine rings is 2. The summed E-state index contributed by atoms with van der Waals surface area (Å²) in [4.78, 5) is 25.1. The van der Waals surface area contributed by atoms with Crippen LogP contribution in [0.2, 0.25) is 0 Å². The first kappa shape index (κ1) is 20.6. The van der Waals surface area contributed by atoms with Crippen molar-refractivity contribution in [1.82, 2.24) is 29.6 Å². The van der Waals surface area contributed by atoms with E-state index in [1.54, 1.807) is 38.9 Å². The first-order chi connectivity index (χ1) is 14.6. The number of amides is 1. The summed E-state index contributed by atoms with van der Waals surface area (Å²) in [6.45, 7) is 0. The Balaban J connectivity index is 1.75. The Morgan fingerprint density at radius 3 is 2.55 bits per heavy atom. The van der Waals surface area contributed by atoms with Gasteiger partial charge < -0.3 is 9.88 Å². The van der Waals surface area contributed by atoms with Crippen LogP contribution in [0.1, 0.15) is 11.3 Å². The van der Waals surface area contributed by atoms with Crippen LogP contribution in [0.4, 0.5) is 13.2 Å². The summed E-state index contributed by atoms with van der Waals surface area (Å²) in [6.07, 6.45) is 2.25. The number of nitrogens with zero attached hydrogens (tertiary/aromatic N) is 5. The van der Waals surface area contributed by atoms with E-state index in [2.05, 4.69) is 20.1 Å². The molecule has 0 aromatic carbocycles. The number of likely N-dealkylation sites (N-methyl/N-ethyl adjacent to an activating group) is 1. The third kappa shape index (κ3) is 4.00. The van der Waals surface area contributed by atoms with Gasteiger partial charge >= 0.3 is 6.18 Å². The molecule has 1 amide bonds. The van der Waals surface area contributed by atoms with Gasteiger partial charge in [-0.2, -0.15) is 18.3 Å². The SMILES string of the molecule is CN(C)C(=O)Cc1cncc(-c2cnc3[nH]cc(-c4cc(C(F)(F)F)nn4C)c3c2)c1. The predicted molar refractivity (Wildman–Crippen MR) is 109 cm³/mol. The summed E-state index contributed by atoms with van der Waals surface area (Å²) in [5, 5.41) is 4.25. The van der Waals surface area contributed by atoms with Crippen LogP contribution in [0.25, 0.3) is 33.4 Å². The fourth-order valence-electron chi connectivity index (χ4n) is 3.31. The molecule has 0 saturated heterocycles. The van der Waals surface area contributed by atoms with Crippen molar-refractivity contribution in [3.8, 4) is 22.4 Å². The van der Waals surface area contributed by atoms with Crippen LogP contribution in [-0.2, 0) is 24.4 Å². The quantitative estimate of drug-likeness (QED) is 0.538. The van der Waals surface area contributed by atoms with Crippen LogP contribution >= 0.6 is 0 Å². The number of alkyl halides is 3. The molecule has 0 spiro atoms. The van der Waals surface area contributed by atoms with E-state index in [1.807, 2.05) is 12.1 Å². The average molecular weight is 428 g/mol. The second-order valence-electron chi connectivity index (χ2n) is 7.41. The lowest BCUT2D eigenvalue weighted by atomic mass is 10.0. The van der Waals surface area contributed by atoms with Crippen LogP contribution in [0.3, 0.4) is 0 Å². The molecule has 1 N–H and O–H groups in total. The highest BCUT2D eigenvalue weighted by Crippen LogP contribution is 2.35. The number of aromatic nitrogens is 5. The Labute approximate surface area is 175 Å². The monoisotopic (exact) mass is 428 g/mol. The molecule has 4 aromatic heterocycles. The second kappa shape index (κ2) is 7.53. The minimum Gasteiger partial charge on any atom is -0.349 e. The number of hydrogen-bond acceptors (Lipinski definition) is 4. The Morgan fingerprint density at radius 2 is 1.87 bits per heavy atom. The molecule has 0 atom stereocenters. The van der Waals surface area contributed by atoms with Gasteiger partial charge in [-0.05, 0) is 23.8 Å². The number of aryl methyl sites for hydroxylation is 1. The highest BCUT2D eigenvalue weighted by Gasteiger charge is 2.35. The molecule has 4 heterocycles. The lowest BCUT2D eigenvalue weighted by Crippen LogP contribution is -2.23. The fraction of sp³-hybridized carbons (Fsp3) is 0.238. The zero-order valence-corrected chi connectivity index (χ0v) is 17.0. The highest BCUT2D eigenvalue weighted by atomic mass is 19.4. The Morgan fingerprint density at radius 1 is 1.13 bits per heavy atom. The van der Waals surface area contributed by atoms with Crippen molar-refractivity contribution in [3.05, 3.63) is 54.2 Å². The lowest BCUT2D eigenvalue weighted by Gasteiger charge is -2.10. The fourth-order valence-corrected chi connectivity index (χ4v) is 3.31. The number of rotatable bonds is 4. The van der Waals surface area contributed by atoms with E-state index in [0.29, 0.717) is 22.3 Å². The number of carbonyl (C=O) groups is 1. The van der Waals surface area contributed by atoms with Crippen molar-refractivity contribution in [3.63, 3.8) is 0 Å². The maximum absolute atomic E-state index is 13.1. The molecule has 0 saturated carbocycles. The highest BCUT2D eigenvalue weighted by molar-refractivity contribution is 5.95. The van der Waals surface area contributed by atoms with Crippen molar-refractivity contribution >= 4 is 16.9 Å². The van der Waals surface area contributed by atoms with Crippen LogP contribution in [0.15, 0.2) is 43.0 Å². The lowest BCUT2D eigenvalue weighted by molar-refractivity contribution is -0.141. The van der Waals surface area contributed by atoms with Crippen LogP contribution in [0.5, 0.6) is 0 Å². The molecule has 31 heavy (non-hydrogen) atoms. The standard InChI is InChI=1S/C21H19F3N6O/c1-29(2)19(31)5-12-4-13(9-25-8-12)14-6-15-16(11-27-20(15)26-10-14)17-7-18(21(22,23)24)28-30(17)3/h4,6-11H,5H2,1-3H3,(H,26,27). The molecule has 0 fully saturated rings. The van der Waals surface area contributed by atoms with Crippen molar-refractivity contribution in [2.24, 2.45) is 7.05 Å². The first-order valence-corrected chi connectivity index (χ1v) is 9.36. The molecule has 0 aliphatic heterocycles. The number of carbonyl (C=O) groups excluding carboxylic acids is 1. The number of nitrogens with one attached hydrogen (secondary N) is 1. The largest absolute Gasteiger partial charge is 0.435 e. The maximum atomic E-state index is 13.1. The minimum atomic E-state index is -4.53. The molecule has 0 aliphatic rings. The Kier molecular flexibility index (Phi) is 5.00. The molecule has 4 rings (SSSR count). The Hall–Kier alpha value is -3.69. The molecular weight excluding hydrogens is 409 g/mol. The third-order valence-corrected chi connectivity index (χ3v) is 4.96.